The maximum Gasteiger partial charge on any atom is 0.270 e. The molecule has 0 spiro atoms. The molecule has 8 rings (SSSR count). The van der Waals surface area contributed by atoms with Crippen LogP contribution in [0.1, 0.15) is 81.5 Å². The lowest BCUT2D eigenvalue weighted by molar-refractivity contribution is -0.138. The van der Waals surface area contributed by atoms with Crippen molar-refractivity contribution in [1.82, 2.24) is 50.3 Å². The summed E-state index contributed by atoms with van der Waals surface area (Å²) >= 11 is 0. The fourth-order valence-electron chi connectivity index (χ4n) is 8.37. The van der Waals surface area contributed by atoms with Crippen LogP contribution in [0, 0.1) is 12.8 Å². The first-order valence-electron chi connectivity index (χ1n) is 21.5. The first-order chi connectivity index (χ1) is 31.0. The molecule has 3 aliphatic heterocycles. The lowest BCUT2D eigenvalue weighted by Gasteiger charge is -2.36. The Morgan fingerprint density at radius 2 is 1.69 bits per heavy atom. The van der Waals surface area contributed by atoms with Crippen molar-refractivity contribution in [2.75, 3.05) is 69.8 Å². The van der Waals surface area contributed by atoms with Gasteiger partial charge in [0, 0.05) is 56.1 Å². The number of imide groups is 2. The number of pyridine rings is 1. The lowest BCUT2D eigenvalue weighted by atomic mass is 9.86. The number of benzene rings is 1. The summed E-state index contributed by atoms with van der Waals surface area (Å²) in [6, 6.07) is 9.14. The zero-order valence-corrected chi connectivity index (χ0v) is 35.3. The van der Waals surface area contributed by atoms with Crippen molar-refractivity contribution in [2.45, 2.75) is 63.6 Å². The SMILES string of the molecule is Cc1cccc(C(=O)NC2CC(n3cnc4c(NCC5CCN(C(=O)COCCOCCNC(=O)CNc6cccc7c6C(=O)N([C@H]6CCC(=O)NC6=O)C7=O)CC5)ncnc43)C2)n1. The Morgan fingerprint density at radius 3 is 2.48 bits per heavy atom. The second-order valence-electron chi connectivity index (χ2n) is 16.3. The maximum absolute atomic E-state index is 13.2. The highest BCUT2D eigenvalue weighted by molar-refractivity contribution is 6.25. The molecule has 1 aliphatic carbocycles. The van der Waals surface area contributed by atoms with Crippen LogP contribution >= 0.6 is 0 Å². The Bertz CT molecular complexity index is 2450. The van der Waals surface area contributed by atoms with Gasteiger partial charge >= 0.3 is 0 Å². The number of hydrogen-bond acceptors (Lipinski definition) is 15. The molecule has 1 atom stereocenters. The average molecular weight is 879 g/mol. The minimum Gasteiger partial charge on any atom is -0.377 e. The maximum atomic E-state index is 13.2. The molecule has 0 radical (unpaired) electrons. The summed E-state index contributed by atoms with van der Waals surface area (Å²) in [4.78, 5) is 109. The van der Waals surface area contributed by atoms with E-state index in [0.29, 0.717) is 42.6 Å². The molecule has 5 N–H and O–H groups in total. The highest BCUT2D eigenvalue weighted by Crippen LogP contribution is 2.35. The summed E-state index contributed by atoms with van der Waals surface area (Å²) in [5.41, 5.74) is 3.10. The van der Waals surface area contributed by atoms with E-state index in [0.717, 1.165) is 41.9 Å². The molecule has 7 amide bonds. The van der Waals surface area contributed by atoms with E-state index >= 15 is 0 Å². The number of imidazole rings is 1. The van der Waals surface area contributed by atoms with Gasteiger partial charge in [-0.05, 0) is 69.2 Å². The minimum absolute atomic E-state index is 0.0144. The number of likely N-dealkylation sites (tertiary alicyclic amines) is 1. The summed E-state index contributed by atoms with van der Waals surface area (Å²) in [7, 11) is 0. The van der Waals surface area contributed by atoms with Gasteiger partial charge in [0.2, 0.25) is 23.6 Å². The van der Waals surface area contributed by atoms with Gasteiger partial charge in [0.15, 0.2) is 11.5 Å². The average Bonchev–Trinajstić information content (AvgIpc) is 3.82. The molecule has 3 fully saturated rings. The van der Waals surface area contributed by atoms with Crippen molar-refractivity contribution in [1.29, 1.82) is 0 Å². The van der Waals surface area contributed by atoms with Crippen molar-refractivity contribution in [3.8, 4) is 0 Å². The topological polar surface area (TPSA) is 261 Å². The van der Waals surface area contributed by atoms with Crippen LogP contribution in [0.25, 0.3) is 11.2 Å². The molecule has 0 unspecified atom stereocenters. The molecule has 1 aromatic carbocycles. The molecule has 4 aliphatic rings. The van der Waals surface area contributed by atoms with Crippen LogP contribution in [0.2, 0.25) is 0 Å². The van der Waals surface area contributed by atoms with Gasteiger partial charge < -0.3 is 40.2 Å². The van der Waals surface area contributed by atoms with Gasteiger partial charge in [-0.25, -0.2) is 19.9 Å². The van der Waals surface area contributed by atoms with Crippen LogP contribution in [0.4, 0.5) is 11.5 Å². The summed E-state index contributed by atoms with van der Waals surface area (Å²) in [5, 5.41) is 14.3. The van der Waals surface area contributed by atoms with Gasteiger partial charge in [0.25, 0.3) is 17.7 Å². The molecular weight excluding hydrogens is 829 g/mol. The number of nitrogens with zero attached hydrogens (tertiary/aromatic N) is 7. The third kappa shape index (κ3) is 9.84. The molecule has 0 bridgehead atoms. The van der Waals surface area contributed by atoms with E-state index < -0.39 is 29.7 Å². The van der Waals surface area contributed by atoms with E-state index in [9.17, 15) is 33.6 Å². The quantitative estimate of drug-likeness (QED) is 0.0689. The highest BCUT2D eigenvalue weighted by atomic mass is 16.5. The van der Waals surface area contributed by atoms with E-state index in [1.807, 2.05) is 28.5 Å². The summed E-state index contributed by atoms with van der Waals surface area (Å²) in [5.74, 6) is -2.08. The van der Waals surface area contributed by atoms with E-state index in [-0.39, 0.29) is 99.0 Å². The monoisotopic (exact) mass is 878 g/mol. The molecule has 1 saturated carbocycles. The number of aromatic nitrogens is 5. The van der Waals surface area contributed by atoms with Crippen LogP contribution in [0.3, 0.4) is 0 Å². The molecular formula is C43H50N12O9. The van der Waals surface area contributed by atoms with Crippen LogP contribution in [-0.2, 0) is 28.7 Å². The van der Waals surface area contributed by atoms with Crippen molar-refractivity contribution < 1.29 is 43.0 Å². The Balaban J connectivity index is 0.672. The third-order valence-corrected chi connectivity index (χ3v) is 11.9. The number of carbonyl (C=O) groups excluding carboxylic acids is 7. The third-order valence-electron chi connectivity index (χ3n) is 11.9. The predicted octanol–water partition coefficient (Wildman–Crippen LogP) is 0.976. The highest BCUT2D eigenvalue weighted by Gasteiger charge is 2.45. The first-order valence-corrected chi connectivity index (χ1v) is 21.5. The van der Waals surface area contributed by atoms with Crippen molar-refractivity contribution in [3.63, 3.8) is 0 Å². The van der Waals surface area contributed by atoms with Gasteiger partial charge in [-0.2, -0.15) is 0 Å². The Labute approximate surface area is 367 Å². The van der Waals surface area contributed by atoms with E-state index in [1.54, 1.807) is 24.5 Å². The zero-order chi connectivity index (χ0) is 44.7. The number of amides is 7. The van der Waals surface area contributed by atoms with Gasteiger partial charge in [0.05, 0.1) is 43.8 Å². The number of hydrogen-bond donors (Lipinski definition) is 5. The number of carbonyl (C=O) groups is 7. The number of anilines is 2. The van der Waals surface area contributed by atoms with Crippen LogP contribution in [0.15, 0.2) is 49.1 Å². The van der Waals surface area contributed by atoms with Gasteiger partial charge in [0.1, 0.15) is 30.2 Å². The molecule has 336 valence electrons. The van der Waals surface area contributed by atoms with E-state index in [1.165, 1.54) is 12.4 Å². The standard InChI is InChI=1S/C43H50N12O9/c1-25-4-2-7-31(50-25)40(59)51-27-18-28(19-27)54-24-49-37-38(47-23-48-39(37)54)46-20-26-10-13-53(14-11-26)35(58)22-64-17-16-63-15-12-44-34(57)21-45-30-6-3-5-29-36(30)43(62)55(42(29)61)32-8-9-33(56)52-41(32)60/h2-7,23-24,26-28,32,45H,8-22H2,1H3,(H,44,57)(H,51,59)(H,46,47,48)(H,52,56,60)/t27?,28?,32-/m0/s1. The summed E-state index contributed by atoms with van der Waals surface area (Å²) in [6.45, 7) is 4.38. The van der Waals surface area contributed by atoms with Gasteiger partial charge in [-0.1, -0.05) is 12.1 Å². The predicted molar refractivity (Wildman–Crippen MR) is 228 cm³/mol. The van der Waals surface area contributed by atoms with Gasteiger partial charge in [-0.3, -0.25) is 43.8 Å². The van der Waals surface area contributed by atoms with Crippen molar-refractivity contribution >= 4 is 64.0 Å². The normalized spacial score (nSPS) is 19.9. The largest absolute Gasteiger partial charge is 0.377 e. The van der Waals surface area contributed by atoms with E-state index in [4.69, 9.17) is 9.47 Å². The zero-order valence-electron chi connectivity index (χ0n) is 35.3. The second kappa shape index (κ2) is 19.7. The second-order valence-corrected chi connectivity index (χ2v) is 16.3. The number of rotatable bonds is 18. The molecule has 21 nitrogen and oxygen atoms in total. The first kappa shape index (κ1) is 43.8. The molecule has 21 heteroatoms. The van der Waals surface area contributed by atoms with Crippen LogP contribution in [-0.4, -0.2) is 147 Å². The molecule has 3 aromatic heterocycles. The number of ether oxygens (including phenoxy) is 2. The minimum atomic E-state index is -1.09. The van der Waals surface area contributed by atoms with Crippen molar-refractivity contribution in [3.05, 3.63) is 71.6 Å². The smallest absolute Gasteiger partial charge is 0.270 e. The Morgan fingerprint density at radius 1 is 0.891 bits per heavy atom. The fraction of sp³-hybridized carbons (Fsp3) is 0.465. The summed E-state index contributed by atoms with van der Waals surface area (Å²) in [6.07, 6.45) is 6.56. The molecule has 6 heterocycles. The number of fused-ring (bicyclic) bond motifs is 2. The fourth-order valence-corrected chi connectivity index (χ4v) is 8.37. The van der Waals surface area contributed by atoms with Crippen LogP contribution in [0.5, 0.6) is 0 Å². The molecule has 2 saturated heterocycles. The van der Waals surface area contributed by atoms with Crippen molar-refractivity contribution in [2.24, 2.45) is 5.92 Å². The van der Waals surface area contributed by atoms with Crippen LogP contribution < -0.4 is 26.6 Å². The Kier molecular flexibility index (Phi) is 13.5. The summed E-state index contributed by atoms with van der Waals surface area (Å²) < 4.78 is 13.2. The number of piperidine rings is 2. The van der Waals surface area contributed by atoms with E-state index in [2.05, 4.69) is 46.5 Å². The molecule has 64 heavy (non-hydrogen) atoms. The number of aryl methyl sites for hydroxylation is 1. The lowest BCUT2D eigenvalue weighted by Crippen LogP contribution is -2.54. The Hall–Kier alpha value is -6.87. The molecule has 4 aromatic rings. The van der Waals surface area contributed by atoms with Gasteiger partial charge in [-0.15, -0.1) is 0 Å². The number of nitrogens with one attached hydrogen (secondary N) is 5.